The lowest BCUT2D eigenvalue weighted by Gasteiger charge is -2.09. The van der Waals surface area contributed by atoms with Gasteiger partial charge in [0.25, 0.3) is 5.91 Å². The second-order valence-corrected chi connectivity index (χ2v) is 7.19. The Bertz CT molecular complexity index is 1110. The molecule has 2 N–H and O–H groups in total. The third-order valence-corrected chi connectivity index (χ3v) is 5.29. The first-order valence-corrected chi connectivity index (χ1v) is 9.13. The van der Waals surface area contributed by atoms with Crippen molar-refractivity contribution in [3.63, 3.8) is 0 Å². The van der Waals surface area contributed by atoms with Crippen LogP contribution in [-0.4, -0.2) is 17.0 Å². The van der Waals surface area contributed by atoms with Crippen LogP contribution < -0.4 is 5.32 Å². The summed E-state index contributed by atoms with van der Waals surface area (Å²) in [7, 11) is 0. The standard InChI is InChI=1S/C19H12F3NO3S2/c1-8-2-4-10(16(22)15(8)21)12-7-28-18(14(12)19(25)26)23-17(24)11-6-9(20)3-5-13(11)27/h2-7,27H,1H3,(H,23,24)(H,25,26). The van der Waals surface area contributed by atoms with Crippen LogP contribution in [0.4, 0.5) is 18.2 Å². The summed E-state index contributed by atoms with van der Waals surface area (Å²) in [6.45, 7) is 1.38. The van der Waals surface area contributed by atoms with Gasteiger partial charge in [0.15, 0.2) is 11.6 Å². The number of carbonyl (C=O) groups is 2. The molecule has 2 aromatic carbocycles. The SMILES string of the molecule is Cc1ccc(-c2csc(NC(=O)c3cc(F)ccc3S)c2C(=O)O)c(F)c1F. The number of carbonyl (C=O) groups excluding carboxylic acids is 1. The van der Waals surface area contributed by atoms with Gasteiger partial charge in [0.2, 0.25) is 0 Å². The number of thiol groups is 1. The number of hydrogen-bond acceptors (Lipinski definition) is 4. The summed E-state index contributed by atoms with van der Waals surface area (Å²) in [5, 5.41) is 13.1. The van der Waals surface area contributed by atoms with Crippen molar-refractivity contribution in [1.29, 1.82) is 0 Å². The molecule has 1 heterocycles. The monoisotopic (exact) mass is 423 g/mol. The average Bonchev–Trinajstić information content (AvgIpc) is 3.05. The van der Waals surface area contributed by atoms with Gasteiger partial charge >= 0.3 is 5.97 Å². The summed E-state index contributed by atoms with van der Waals surface area (Å²) in [5.41, 5.74) is -0.721. The number of aryl methyl sites for hydroxylation is 1. The molecule has 0 aliphatic heterocycles. The maximum absolute atomic E-state index is 14.3. The zero-order valence-corrected chi connectivity index (χ0v) is 15.9. The zero-order valence-electron chi connectivity index (χ0n) is 14.2. The molecule has 0 fully saturated rings. The number of halogens is 3. The van der Waals surface area contributed by atoms with E-state index in [1.54, 1.807) is 0 Å². The highest BCUT2D eigenvalue weighted by atomic mass is 32.1. The van der Waals surface area contributed by atoms with Crippen molar-refractivity contribution in [2.45, 2.75) is 11.8 Å². The first-order chi connectivity index (χ1) is 13.2. The number of amides is 1. The van der Waals surface area contributed by atoms with Crippen LogP contribution in [-0.2, 0) is 0 Å². The van der Waals surface area contributed by atoms with Gasteiger partial charge in [-0.1, -0.05) is 12.1 Å². The van der Waals surface area contributed by atoms with Crippen molar-refractivity contribution < 1.29 is 27.9 Å². The average molecular weight is 423 g/mol. The minimum absolute atomic E-state index is 0.0745. The lowest BCUT2D eigenvalue weighted by molar-refractivity contribution is 0.0699. The Balaban J connectivity index is 2.05. The Morgan fingerprint density at radius 2 is 1.79 bits per heavy atom. The number of rotatable bonds is 4. The third-order valence-electron chi connectivity index (χ3n) is 4.00. The van der Waals surface area contributed by atoms with Crippen molar-refractivity contribution in [3.8, 4) is 11.1 Å². The van der Waals surface area contributed by atoms with E-state index in [0.717, 1.165) is 23.5 Å². The highest BCUT2D eigenvalue weighted by Crippen LogP contribution is 2.38. The molecule has 144 valence electrons. The van der Waals surface area contributed by atoms with Gasteiger partial charge < -0.3 is 10.4 Å². The van der Waals surface area contributed by atoms with Gasteiger partial charge in [-0.05, 0) is 30.7 Å². The first kappa shape index (κ1) is 20.0. The van der Waals surface area contributed by atoms with Gasteiger partial charge in [0, 0.05) is 21.4 Å². The van der Waals surface area contributed by atoms with Gasteiger partial charge in [-0.25, -0.2) is 18.0 Å². The summed E-state index contributed by atoms with van der Waals surface area (Å²) in [6.07, 6.45) is 0. The van der Waals surface area contributed by atoms with Crippen LogP contribution in [0.3, 0.4) is 0 Å². The maximum atomic E-state index is 14.3. The van der Waals surface area contributed by atoms with E-state index in [1.807, 2.05) is 0 Å². The molecule has 0 saturated carbocycles. The van der Waals surface area contributed by atoms with Crippen LogP contribution in [0.15, 0.2) is 40.6 Å². The molecule has 0 atom stereocenters. The Kier molecular flexibility index (Phi) is 5.48. The zero-order chi connectivity index (χ0) is 20.6. The topological polar surface area (TPSA) is 66.4 Å². The number of carboxylic acid groups (broad SMARTS) is 1. The smallest absolute Gasteiger partial charge is 0.339 e. The van der Waals surface area contributed by atoms with E-state index >= 15 is 0 Å². The van der Waals surface area contributed by atoms with Gasteiger partial charge in [-0.3, -0.25) is 4.79 Å². The molecular weight excluding hydrogens is 411 g/mol. The highest BCUT2D eigenvalue weighted by Gasteiger charge is 2.25. The van der Waals surface area contributed by atoms with E-state index in [9.17, 15) is 27.9 Å². The lowest BCUT2D eigenvalue weighted by Crippen LogP contribution is -2.14. The predicted octanol–water partition coefficient (Wildman–Crippen LogP) is 5.38. The number of anilines is 1. The van der Waals surface area contributed by atoms with Crippen LogP contribution in [0, 0.1) is 24.4 Å². The van der Waals surface area contributed by atoms with Gasteiger partial charge in [-0.2, -0.15) is 0 Å². The molecule has 0 saturated heterocycles. The summed E-state index contributed by atoms with van der Waals surface area (Å²) >= 11 is 4.91. The quantitative estimate of drug-likeness (QED) is 0.494. The molecule has 0 aliphatic rings. The number of carboxylic acids is 1. The second kappa shape index (κ2) is 7.69. The number of benzene rings is 2. The normalized spacial score (nSPS) is 10.8. The number of nitrogens with one attached hydrogen (secondary N) is 1. The number of hydrogen-bond donors (Lipinski definition) is 3. The van der Waals surface area contributed by atoms with E-state index in [4.69, 9.17) is 0 Å². The van der Waals surface area contributed by atoms with Gasteiger partial charge in [-0.15, -0.1) is 24.0 Å². The van der Waals surface area contributed by atoms with Crippen molar-refractivity contribution in [2.75, 3.05) is 5.32 Å². The van der Waals surface area contributed by atoms with Crippen molar-refractivity contribution in [1.82, 2.24) is 0 Å². The van der Waals surface area contributed by atoms with Crippen molar-refractivity contribution in [3.05, 3.63) is 69.9 Å². The molecule has 3 rings (SSSR count). The Labute approximate surface area is 167 Å². The summed E-state index contributed by atoms with van der Waals surface area (Å²) in [6, 6.07) is 5.97. The van der Waals surface area contributed by atoms with Crippen LogP contribution in [0.2, 0.25) is 0 Å². The van der Waals surface area contributed by atoms with Gasteiger partial charge in [0.05, 0.1) is 5.56 Å². The molecule has 9 heteroatoms. The molecule has 28 heavy (non-hydrogen) atoms. The summed E-state index contributed by atoms with van der Waals surface area (Å²) in [5.74, 6) is -5.13. The van der Waals surface area contributed by atoms with E-state index in [1.165, 1.54) is 30.5 Å². The molecule has 0 bridgehead atoms. The number of aromatic carboxylic acids is 1. The second-order valence-electron chi connectivity index (χ2n) is 5.83. The molecule has 3 aromatic rings. The van der Waals surface area contributed by atoms with E-state index in [2.05, 4.69) is 17.9 Å². The molecule has 0 spiro atoms. The Hall–Kier alpha value is -2.78. The lowest BCUT2D eigenvalue weighted by atomic mass is 10.0. The van der Waals surface area contributed by atoms with Gasteiger partial charge in [0.1, 0.15) is 16.4 Å². The largest absolute Gasteiger partial charge is 0.478 e. The minimum atomic E-state index is -1.43. The summed E-state index contributed by atoms with van der Waals surface area (Å²) < 4.78 is 41.6. The molecule has 1 amide bonds. The molecule has 0 radical (unpaired) electrons. The third kappa shape index (κ3) is 3.63. The fourth-order valence-electron chi connectivity index (χ4n) is 2.58. The fourth-order valence-corrected chi connectivity index (χ4v) is 3.76. The molecular formula is C19H12F3NO3S2. The number of thiophene rings is 1. The molecule has 4 nitrogen and oxygen atoms in total. The fraction of sp³-hybridized carbons (Fsp3) is 0.0526. The summed E-state index contributed by atoms with van der Waals surface area (Å²) in [4.78, 5) is 24.4. The Morgan fingerprint density at radius 1 is 1.07 bits per heavy atom. The predicted molar refractivity (Wildman–Crippen MR) is 103 cm³/mol. The van der Waals surface area contributed by atoms with Crippen LogP contribution >= 0.6 is 24.0 Å². The van der Waals surface area contributed by atoms with Crippen molar-refractivity contribution in [2.24, 2.45) is 0 Å². The molecule has 1 aromatic heterocycles. The molecule has 0 unspecified atom stereocenters. The Morgan fingerprint density at radius 3 is 2.46 bits per heavy atom. The van der Waals surface area contributed by atoms with E-state index in [0.29, 0.717) is 0 Å². The van der Waals surface area contributed by atoms with Crippen LogP contribution in [0.1, 0.15) is 26.3 Å². The first-order valence-electron chi connectivity index (χ1n) is 7.80. The molecule has 0 aliphatic carbocycles. The minimum Gasteiger partial charge on any atom is -0.478 e. The van der Waals surface area contributed by atoms with E-state index in [-0.39, 0.29) is 32.2 Å². The van der Waals surface area contributed by atoms with Crippen LogP contribution in [0.5, 0.6) is 0 Å². The van der Waals surface area contributed by atoms with Crippen LogP contribution in [0.25, 0.3) is 11.1 Å². The maximum Gasteiger partial charge on any atom is 0.339 e. The highest BCUT2D eigenvalue weighted by molar-refractivity contribution is 7.80. The van der Waals surface area contributed by atoms with Crippen molar-refractivity contribution >= 4 is 40.8 Å². The van der Waals surface area contributed by atoms with E-state index < -0.39 is 34.9 Å².